The van der Waals surface area contributed by atoms with E-state index in [1.54, 1.807) is 0 Å². The molecule has 0 saturated carbocycles. The van der Waals surface area contributed by atoms with E-state index in [0.29, 0.717) is 11.9 Å². The second-order valence-corrected chi connectivity index (χ2v) is 6.99. The highest BCUT2D eigenvalue weighted by Gasteiger charge is 2.54. The Morgan fingerprint density at radius 1 is 1.15 bits per heavy atom. The number of rotatable bonds is 6. The predicted molar refractivity (Wildman–Crippen MR) is 83.6 cm³/mol. The van der Waals surface area contributed by atoms with Crippen molar-refractivity contribution in [1.82, 2.24) is 9.80 Å². The highest BCUT2D eigenvalue weighted by molar-refractivity contribution is 5.89. The van der Waals surface area contributed by atoms with Crippen LogP contribution < -0.4 is 0 Å². The molecular formula is C17H32N2O. The maximum absolute atomic E-state index is 12.6. The first-order chi connectivity index (χ1) is 9.56. The normalized spacial score (nSPS) is 29.1. The minimum atomic E-state index is -0.0201. The lowest BCUT2D eigenvalue weighted by Gasteiger charge is -2.55. The van der Waals surface area contributed by atoms with Crippen LogP contribution in [0.3, 0.4) is 0 Å². The summed E-state index contributed by atoms with van der Waals surface area (Å²) >= 11 is 0. The first-order valence-electron chi connectivity index (χ1n) is 8.59. The Bertz CT molecular complexity index is 340. The lowest BCUT2D eigenvalue weighted by Crippen LogP contribution is -2.68. The second-order valence-electron chi connectivity index (χ2n) is 6.99. The summed E-state index contributed by atoms with van der Waals surface area (Å²) < 4.78 is 0. The van der Waals surface area contributed by atoms with Gasteiger partial charge in [0.05, 0.1) is 5.41 Å². The van der Waals surface area contributed by atoms with Crippen LogP contribution in [0.15, 0.2) is 0 Å². The number of hydrogen-bond acceptors (Lipinski definition) is 2. The van der Waals surface area contributed by atoms with E-state index in [0.717, 1.165) is 31.8 Å². The zero-order chi connectivity index (χ0) is 14.8. The Balaban J connectivity index is 1.93. The molecule has 2 heterocycles. The molecule has 3 heteroatoms. The van der Waals surface area contributed by atoms with Gasteiger partial charge in [0.1, 0.15) is 0 Å². The SMILES string of the molecule is CCC(CC)CN1CCCC2(C1)CN(C(C)CC)C2=O. The fourth-order valence-electron chi connectivity index (χ4n) is 3.85. The summed E-state index contributed by atoms with van der Waals surface area (Å²) in [6.45, 7) is 13.3. The smallest absolute Gasteiger partial charge is 0.232 e. The number of carbonyl (C=O) groups excluding carboxylic acids is 1. The molecule has 2 rings (SSSR count). The first-order valence-corrected chi connectivity index (χ1v) is 8.59. The molecule has 0 aromatic rings. The molecule has 1 amide bonds. The summed E-state index contributed by atoms with van der Waals surface area (Å²) in [5.74, 6) is 1.23. The van der Waals surface area contributed by atoms with Crippen LogP contribution in [0.25, 0.3) is 0 Å². The summed E-state index contributed by atoms with van der Waals surface area (Å²) in [6.07, 6.45) is 5.89. The third kappa shape index (κ3) is 2.88. The molecule has 2 fully saturated rings. The molecule has 1 spiro atoms. The van der Waals surface area contributed by atoms with Crippen LogP contribution in [-0.4, -0.2) is 47.9 Å². The summed E-state index contributed by atoms with van der Waals surface area (Å²) in [7, 11) is 0. The van der Waals surface area contributed by atoms with Gasteiger partial charge >= 0.3 is 0 Å². The van der Waals surface area contributed by atoms with Gasteiger partial charge in [-0.15, -0.1) is 0 Å². The number of nitrogens with zero attached hydrogens (tertiary/aromatic N) is 2. The van der Waals surface area contributed by atoms with Crippen molar-refractivity contribution in [2.75, 3.05) is 26.2 Å². The molecule has 2 aliphatic rings. The van der Waals surface area contributed by atoms with Gasteiger partial charge in [0.15, 0.2) is 0 Å². The highest BCUT2D eigenvalue weighted by Crippen LogP contribution is 2.41. The van der Waals surface area contributed by atoms with Crippen molar-refractivity contribution in [1.29, 1.82) is 0 Å². The topological polar surface area (TPSA) is 23.6 Å². The number of carbonyl (C=O) groups is 1. The van der Waals surface area contributed by atoms with Gasteiger partial charge in [0, 0.05) is 25.7 Å². The van der Waals surface area contributed by atoms with Gasteiger partial charge in [0.2, 0.25) is 5.91 Å². The van der Waals surface area contributed by atoms with E-state index in [1.807, 2.05) is 0 Å². The maximum atomic E-state index is 12.6. The molecule has 0 aromatic heterocycles. The Morgan fingerprint density at radius 2 is 1.85 bits per heavy atom. The Labute approximate surface area is 124 Å². The minimum Gasteiger partial charge on any atom is -0.338 e. The average molecular weight is 280 g/mol. The molecule has 2 atom stereocenters. The third-order valence-corrected chi connectivity index (χ3v) is 5.64. The molecule has 2 saturated heterocycles. The van der Waals surface area contributed by atoms with E-state index >= 15 is 0 Å². The van der Waals surface area contributed by atoms with Crippen LogP contribution >= 0.6 is 0 Å². The average Bonchev–Trinajstić information content (AvgIpc) is 2.49. The van der Waals surface area contributed by atoms with Crippen molar-refractivity contribution >= 4 is 5.91 Å². The van der Waals surface area contributed by atoms with Gasteiger partial charge in [-0.1, -0.05) is 33.6 Å². The van der Waals surface area contributed by atoms with Crippen molar-refractivity contribution in [2.24, 2.45) is 11.3 Å². The molecule has 3 nitrogen and oxygen atoms in total. The molecule has 2 aliphatic heterocycles. The molecule has 116 valence electrons. The molecular weight excluding hydrogens is 248 g/mol. The van der Waals surface area contributed by atoms with E-state index in [-0.39, 0.29) is 5.41 Å². The molecule has 0 N–H and O–H groups in total. The molecule has 2 unspecified atom stereocenters. The molecule has 0 aliphatic carbocycles. The number of piperidine rings is 1. The Hall–Kier alpha value is -0.570. The van der Waals surface area contributed by atoms with Gasteiger partial charge in [0.25, 0.3) is 0 Å². The summed E-state index contributed by atoms with van der Waals surface area (Å²) in [5.41, 5.74) is -0.0201. The number of β-lactam (4-membered cyclic amide) rings is 1. The quantitative estimate of drug-likeness (QED) is 0.698. The maximum Gasteiger partial charge on any atom is 0.232 e. The number of likely N-dealkylation sites (tertiary alicyclic amines) is 2. The van der Waals surface area contributed by atoms with Crippen molar-refractivity contribution in [3.8, 4) is 0 Å². The van der Waals surface area contributed by atoms with E-state index in [2.05, 4.69) is 37.5 Å². The zero-order valence-electron chi connectivity index (χ0n) is 13.8. The molecule has 20 heavy (non-hydrogen) atoms. The first kappa shape index (κ1) is 15.8. The van der Waals surface area contributed by atoms with Gasteiger partial charge < -0.3 is 9.80 Å². The molecule has 0 radical (unpaired) electrons. The highest BCUT2D eigenvalue weighted by atomic mass is 16.2. The lowest BCUT2D eigenvalue weighted by atomic mass is 9.71. The van der Waals surface area contributed by atoms with Crippen molar-refractivity contribution < 1.29 is 4.79 Å². The van der Waals surface area contributed by atoms with Gasteiger partial charge in [-0.3, -0.25) is 4.79 Å². The van der Waals surface area contributed by atoms with Crippen LogP contribution in [-0.2, 0) is 4.79 Å². The number of hydrogen-bond donors (Lipinski definition) is 0. The van der Waals surface area contributed by atoms with Gasteiger partial charge in [-0.25, -0.2) is 0 Å². The van der Waals surface area contributed by atoms with Gasteiger partial charge in [-0.05, 0) is 38.6 Å². The van der Waals surface area contributed by atoms with E-state index in [4.69, 9.17) is 0 Å². The van der Waals surface area contributed by atoms with Crippen molar-refractivity contribution in [3.63, 3.8) is 0 Å². The third-order valence-electron chi connectivity index (χ3n) is 5.64. The largest absolute Gasteiger partial charge is 0.338 e. The number of amides is 1. The summed E-state index contributed by atoms with van der Waals surface area (Å²) in [5, 5.41) is 0. The fraction of sp³-hybridized carbons (Fsp3) is 0.941. The van der Waals surface area contributed by atoms with Crippen LogP contribution in [0, 0.1) is 11.3 Å². The lowest BCUT2D eigenvalue weighted by molar-refractivity contribution is -0.170. The Morgan fingerprint density at radius 3 is 2.40 bits per heavy atom. The second kappa shape index (κ2) is 6.46. The summed E-state index contributed by atoms with van der Waals surface area (Å²) in [4.78, 5) is 17.3. The van der Waals surface area contributed by atoms with Crippen LogP contribution in [0.2, 0.25) is 0 Å². The minimum absolute atomic E-state index is 0.0201. The monoisotopic (exact) mass is 280 g/mol. The van der Waals surface area contributed by atoms with Crippen molar-refractivity contribution in [2.45, 2.75) is 65.8 Å². The standard InChI is InChI=1S/C17H32N2O/c1-5-14(4)19-13-17(16(19)20)9-8-10-18(12-17)11-15(6-2)7-3/h14-15H,5-13H2,1-4H3. The van der Waals surface area contributed by atoms with E-state index < -0.39 is 0 Å². The van der Waals surface area contributed by atoms with E-state index in [1.165, 1.54) is 32.4 Å². The molecule has 0 aromatic carbocycles. The van der Waals surface area contributed by atoms with Crippen molar-refractivity contribution in [3.05, 3.63) is 0 Å². The van der Waals surface area contributed by atoms with E-state index in [9.17, 15) is 4.79 Å². The van der Waals surface area contributed by atoms with Crippen LogP contribution in [0.4, 0.5) is 0 Å². The fourth-order valence-corrected chi connectivity index (χ4v) is 3.85. The zero-order valence-corrected chi connectivity index (χ0v) is 13.8. The van der Waals surface area contributed by atoms with Crippen LogP contribution in [0.5, 0.6) is 0 Å². The summed E-state index contributed by atoms with van der Waals surface area (Å²) in [6, 6.07) is 0.419. The van der Waals surface area contributed by atoms with Gasteiger partial charge in [-0.2, -0.15) is 0 Å². The Kier molecular flexibility index (Phi) is 5.11. The van der Waals surface area contributed by atoms with Crippen LogP contribution in [0.1, 0.15) is 59.8 Å². The molecule has 0 bridgehead atoms. The predicted octanol–water partition coefficient (Wildman–Crippen LogP) is 3.15.